The first kappa shape index (κ1) is 12.2. The van der Waals surface area contributed by atoms with E-state index in [0.717, 1.165) is 30.2 Å². The standard InChI is InChI=1S/C13H20N2O2/c1-9(14)11-5-4-6-12(16-3)13(11)17-10-7-15(2)8-10/h4-6,9-10H,7-8,14H2,1-3H3. The predicted molar refractivity (Wildman–Crippen MR) is 67.5 cm³/mol. The van der Waals surface area contributed by atoms with Crippen LogP contribution in [0.1, 0.15) is 18.5 Å². The van der Waals surface area contributed by atoms with Crippen molar-refractivity contribution in [1.29, 1.82) is 0 Å². The van der Waals surface area contributed by atoms with Crippen molar-refractivity contribution in [2.45, 2.75) is 19.1 Å². The Kier molecular flexibility index (Phi) is 3.54. The molecule has 0 bridgehead atoms. The van der Waals surface area contributed by atoms with Gasteiger partial charge in [0.05, 0.1) is 7.11 Å². The van der Waals surface area contributed by atoms with Gasteiger partial charge in [0.1, 0.15) is 6.10 Å². The van der Waals surface area contributed by atoms with E-state index in [4.69, 9.17) is 15.2 Å². The Labute approximate surface area is 102 Å². The van der Waals surface area contributed by atoms with Crippen molar-refractivity contribution in [3.8, 4) is 11.5 Å². The largest absolute Gasteiger partial charge is 0.493 e. The van der Waals surface area contributed by atoms with Crippen LogP contribution >= 0.6 is 0 Å². The number of rotatable bonds is 4. The highest BCUT2D eigenvalue weighted by Gasteiger charge is 2.27. The van der Waals surface area contributed by atoms with Crippen LogP contribution in [-0.2, 0) is 0 Å². The molecule has 0 spiro atoms. The lowest BCUT2D eigenvalue weighted by Crippen LogP contribution is -2.51. The summed E-state index contributed by atoms with van der Waals surface area (Å²) in [5.74, 6) is 1.55. The summed E-state index contributed by atoms with van der Waals surface area (Å²) in [5.41, 5.74) is 6.95. The highest BCUT2D eigenvalue weighted by molar-refractivity contribution is 5.48. The lowest BCUT2D eigenvalue weighted by Gasteiger charge is -2.36. The molecule has 1 saturated heterocycles. The highest BCUT2D eigenvalue weighted by Crippen LogP contribution is 2.35. The van der Waals surface area contributed by atoms with Crippen LogP contribution < -0.4 is 15.2 Å². The fourth-order valence-electron chi connectivity index (χ4n) is 2.06. The number of methoxy groups -OCH3 is 1. The van der Waals surface area contributed by atoms with E-state index in [9.17, 15) is 0 Å². The molecule has 0 aromatic heterocycles. The van der Waals surface area contributed by atoms with Gasteiger partial charge in [-0.2, -0.15) is 0 Å². The first-order valence-electron chi connectivity index (χ1n) is 5.89. The van der Waals surface area contributed by atoms with Crippen LogP contribution in [0.25, 0.3) is 0 Å². The maximum atomic E-state index is 5.99. The van der Waals surface area contributed by atoms with Gasteiger partial charge >= 0.3 is 0 Å². The monoisotopic (exact) mass is 236 g/mol. The van der Waals surface area contributed by atoms with Gasteiger partial charge in [-0.05, 0) is 20.0 Å². The number of nitrogens with two attached hydrogens (primary N) is 1. The van der Waals surface area contributed by atoms with Gasteiger partial charge in [0, 0.05) is 24.7 Å². The maximum absolute atomic E-state index is 5.99. The quantitative estimate of drug-likeness (QED) is 0.858. The van der Waals surface area contributed by atoms with Crippen LogP contribution in [0.4, 0.5) is 0 Å². The number of likely N-dealkylation sites (N-methyl/N-ethyl adjacent to an activating group) is 1. The molecule has 17 heavy (non-hydrogen) atoms. The predicted octanol–water partition coefficient (Wildman–Crippen LogP) is 1.41. The van der Waals surface area contributed by atoms with Crippen molar-refractivity contribution >= 4 is 0 Å². The molecule has 4 heteroatoms. The Balaban J connectivity index is 2.22. The molecule has 1 heterocycles. The van der Waals surface area contributed by atoms with Gasteiger partial charge in [0.25, 0.3) is 0 Å². The van der Waals surface area contributed by atoms with Crippen LogP contribution in [0.15, 0.2) is 18.2 Å². The molecule has 1 aliphatic heterocycles. The molecular formula is C13H20N2O2. The molecule has 0 saturated carbocycles. The third kappa shape index (κ3) is 2.53. The third-order valence-corrected chi connectivity index (χ3v) is 3.03. The zero-order valence-electron chi connectivity index (χ0n) is 10.6. The lowest BCUT2D eigenvalue weighted by atomic mass is 10.1. The van der Waals surface area contributed by atoms with Gasteiger partial charge in [-0.3, -0.25) is 4.90 Å². The Morgan fingerprint density at radius 1 is 1.41 bits per heavy atom. The average molecular weight is 236 g/mol. The van der Waals surface area contributed by atoms with Crippen molar-refractivity contribution in [2.75, 3.05) is 27.2 Å². The molecule has 0 aliphatic carbocycles. The minimum Gasteiger partial charge on any atom is -0.493 e. The number of hydrogen-bond donors (Lipinski definition) is 1. The van der Waals surface area contributed by atoms with Crippen LogP contribution in [0, 0.1) is 0 Å². The van der Waals surface area contributed by atoms with Gasteiger partial charge in [-0.15, -0.1) is 0 Å². The molecule has 1 atom stereocenters. The molecule has 1 unspecified atom stereocenters. The molecule has 1 aromatic rings. The second kappa shape index (κ2) is 4.94. The zero-order valence-corrected chi connectivity index (χ0v) is 10.6. The van der Waals surface area contributed by atoms with E-state index in [1.54, 1.807) is 7.11 Å². The molecule has 1 aromatic carbocycles. The number of ether oxygens (including phenoxy) is 2. The van der Waals surface area contributed by atoms with Gasteiger partial charge in [0.2, 0.25) is 0 Å². The van der Waals surface area contributed by atoms with E-state index in [0.29, 0.717) is 0 Å². The summed E-state index contributed by atoms with van der Waals surface area (Å²) < 4.78 is 11.3. The number of hydrogen-bond acceptors (Lipinski definition) is 4. The third-order valence-electron chi connectivity index (χ3n) is 3.03. The normalized spacial score (nSPS) is 18.6. The molecule has 1 aliphatic rings. The van der Waals surface area contributed by atoms with Gasteiger partial charge in [0.15, 0.2) is 11.5 Å². The van der Waals surface area contributed by atoms with Gasteiger partial charge < -0.3 is 15.2 Å². The first-order chi connectivity index (χ1) is 8.11. The molecule has 0 radical (unpaired) electrons. The van der Waals surface area contributed by atoms with E-state index < -0.39 is 0 Å². The summed E-state index contributed by atoms with van der Waals surface area (Å²) >= 11 is 0. The Hall–Kier alpha value is -1.26. The lowest BCUT2D eigenvalue weighted by molar-refractivity contribution is 0.0360. The molecule has 1 fully saturated rings. The SMILES string of the molecule is COc1cccc(C(C)N)c1OC1CN(C)C1. The average Bonchev–Trinajstić information content (AvgIpc) is 2.26. The molecule has 4 nitrogen and oxygen atoms in total. The fourth-order valence-corrected chi connectivity index (χ4v) is 2.06. The van der Waals surface area contributed by atoms with E-state index in [1.165, 1.54) is 0 Å². The van der Waals surface area contributed by atoms with Gasteiger partial charge in [-0.25, -0.2) is 0 Å². The number of likely N-dealkylation sites (tertiary alicyclic amines) is 1. The summed E-state index contributed by atoms with van der Waals surface area (Å²) in [7, 11) is 3.73. The summed E-state index contributed by atoms with van der Waals surface area (Å²) in [6.07, 6.45) is 0.244. The molecule has 0 amide bonds. The Bertz CT molecular complexity index is 387. The summed E-state index contributed by atoms with van der Waals surface area (Å²) in [4.78, 5) is 2.21. The van der Waals surface area contributed by atoms with Crippen molar-refractivity contribution in [3.05, 3.63) is 23.8 Å². The summed E-state index contributed by atoms with van der Waals surface area (Å²) in [6, 6.07) is 5.78. The summed E-state index contributed by atoms with van der Waals surface area (Å²) in [5, 5.41) is 0. The van der Waals surface area contributed by atoms with Crippen molar-refractivity contribution in [3.63, 3.8) is 0 Å². The Morgan fingerprint density at radius 2 is 2.12 bits per heavy atom. The van der Waals surface area contributed by atoms with Crippen LogP contribution in [0.3, 0.4) is 0 Å². The van der Waals surface area contributed by atoms with E-state index in [2.05, 4.69) is 11.9 Å². The van der Waals surface area contributed by atoms with E-state index >= 15 is 0 Å². The fraction of sp³-hybridized carbons (Fsp3) is 0.538. The summed E-state index contributed by atoms with van der Waals surface area (Å²) in [6.45, 7) is 3.86. The minimum absolute atomic E-state index is 0.0575. The second-order valence-corrected chi connectivity index (χ2v) is 4.63. The topological polar surface area (TPSA) is 47.7 Å². The highest BCUT2D eigenvalue weighted by atomic mass is 16.5. The molecule has 2 N–H and O–H groups in total. The van der Waals surface area contributed by atoms with Crippen molar-refractivity contribution in [1.82, 2.24) is 4.90 Å². The number of para-hydroxylation sites is 1. The second-order valence-electron chi connectivity index (χ2n) is 4.63. The smallest absolute Gasteiger partial charge is 0.166 e. The molecular weight excluding hydrogens is 216 g/mol. The zero-order chi connectivity index (χ0) is 12.4. The van der Waals surface area contributed by atoms with Crippen LogP contribution in [0.5, 0.6) is 11.5 Å². The first-order valence-corrected chi connectivity index (χ1v) is 5.89. The maximum Gasteiger partial charge on any atom is 0.166 e. The van der Waals surface area contributed by atoms with Crippen molar-refractivity contribution in [2.24, 2.45) is 5.73 Å². The number of benzene rings is 1. The van der Waals surface area contributed by atoms with E-state index in [-0.39, 0.29) is 12.1 Å². The molecule has 94 valence electrons. The minimum atomic E-state index is -0.0575. The van der Waals surface area contributed by atoms with Gasteiger partial charge in [-0.1, -0.05) is 12.1 Å². The number of nitrogens with zero attached hydrogens (tertiary/aromatic N) is 1. The van der Waals surface area contributed by atoms with Crippen molar-refractivity contribution < 1.29 is 9.47 Å². The van der Waals surface area contributed by atoms with Crippen LogP contribution in [0.2, 0.25) is 0 Å². The Morgan fingerprint density at radius 3 is 2.65 bits per heavy atom. The van der Waals surface area contributed by atoms with Crippen LogP contribution in [-0.4, -0.2) is 38.3 Å². The molecule has 2 rings (SSSR count). The van der Waals surface area contributed by atoms with E-state index in [1.807, 2.05) is 25.1 Å².